The molecule has 2 unspecified atom stereocenters. The van der Waals surface area contributed by atoms with Crippen LogP contribution in [0, 0.1) is 17.2 Å². The van der Waals surface area contributed by atoms with E-state index in [0.717, 1.165) is 0 Å². The number of alkyl halides is 3. The van der Waals surface area contributed by atoms with Gasteiger partial charge in [0.2, 0.25) is 0 Å². The number of ether oxygens (including phenoxy) is 1. The molecular weight excluding hydrogens is 271 g/mol. The van der Waals surface area contributed by atoms with Gasteiger partial charge in [0.05, 0.1) is 18.2 Å². The number of hydrogen-bond acceptors (Lipinski definition) is 4. The zero-order valence-corrected chi connectivity index (χ0v) is 10.4. The Hall–Kier alpha value is -0.810. The molecule has 0 aromatic heterocycles. The molecule has 4 nitrogen and oxygen atoms in total. The fraction of sp³-hybridized carbons (Fsp3) is 0.900. The third-order valence-corrected chi connectivity index (χ3v) is 4.76. The maximum absolute atomic E-state index is 12.0. The lowest BCUT2D eigenvalue weighted by atomic mass is 10.0. The highest BCUT2D eigenvalue weighted by Crippen LogP contribution is 2.25. The van der Waals surface area contributed by atoms with Crippen molar-refractivity contribution in [3.8, 4) is 6.07 Å². The van der Waals surface area contributed by atoms with Crippen LogP contribution >= 0.6 is 0 Å². The predicted octanol–water partition coefficient (Wildman–Crippen LogP) is 1.67. The molecule has 0 aromatic rings. The number of nitriles is 1. The summed E-state index contributed by atoms with van der Waals surface area (Å²) in [4.78, 5) is 0. The summed E-state index contributed by atoms with van der Waals surface area (Å²) in [6, 6.07) is 1.59. The second-order valence-electron chi connectivity index (χ2n) is 4.32. The van der Waals surface area contributed by atoms with Crippen molar-refractivity contribution in [2.75, 3.05) is 19.0 Å². The van der Waals surface area contributed by atoms with Gasteiger partial charge in [0, 0.05) is 13.2 Å². The summed E-state index contributed by atoms with van der Waals surface area (Å²) in [5, 5.41) is 7.43. The average molecular weight is 285 g/mol. The topological polar surface area (TPSA) is 67.2 Å². The molecule has 1 saturated heterocycles. The third-order valence-electron chi connectivity index (χ3n) is 2.82. The Balaban J connectivity index is 2.59. The summed E-state index contributed by atoms with van der Waals surface area (Å²) < 4.78 is 64.3. The SMILES string of the molecule is N#CC(CC1CCOC1)S(=O)(=O)CCC(F)(F)F. The molecule has 0 radical (unpaired) electrons. The fourth-order valence-corrected chi connectivity index (χ4v) is 3.28. The second-order valence-corrected chi connectivity index (χ2v) is 6.62. The van der Waals surface area contributed by atoms with Crippen LogP contribution in [0.5, 0.6) is 0 Å². The molecule has 0 bridgehead atoms. The van der Waals surface area contributed by atoms with E-state index in [1.165, 1.54) is 0 Å². The van der Waals surface area contributed by atoms with Gasteiger partial charge in [0.25, 0.3) is 0 Å². The largest absolute Gasteiger partial charge is 0.390 e. The van der Waals surface area contributed by atoms with E-state index in [1.54, 1.807) is 6.07 Å². The van der Waals surface area contributed by atoms with Crippen LogP contribution < -0.4 is 0 Å². The van der Waals surface area contributed by atoms with Gasteiger partial charge in [-0.1, -0.05) is 0 Å². The minimum absolute atomic E-state index is 0.0523. The molecule has 8 heteroatoms. The van der Waals surface area contributed by atoms with Gasteiger partial charge in [-0.2, -0.15) is 18.4 Å². The maximum atomic E-state index is 12.0. The van der Waals surface area contributed by atoms with Crippen LogP contribution in [0.1, 0.15) is 19.3 Å². The lowest BCUT2D eigenvalue weighted by Gasteiger charge is -2.14. The van der Waals surface area contributed by atoms with E-state index in [0.29, 0.717) is 19.6 Å². The van der Waals surface area contributed by atoms with E-state index in [4.69, 9.17) is 10.00 Å². The van der Waals surface area contributed by atoms with Crippen molar-refractivity contribution in [3.05, 3.63) is 0 Å². The first kappa shape index (κ1) is 15.2. The van der Waals surface area contributed by atoms with Crippen molar-refractivity contribution in [2.45, 2.75) is 30.7 Å². The van der Waals surface area contributed by atoms with Crippen LogP contribution in [-0.4, -0.2) is 38.8 Å². The van der Waals surface area contributed by atoms with Gasteiger partial charge in [0.1, 0.15) is 5.25 Å². The molecule has 1 fully saturated rings. The highest BCUT2D eigenvalue weighted by Gasteiger charge is 2.35. The number of rotatable bonds is 5. The molecule has 1 aliphatic heterocycles. The summed E-state index contributed by atoms with van der Waals surface area (Å²) in [5.41, 5.74) is 0. The molecular formula is C10H14F3NO3S. The van der Waals surface area contributed by atoms with Crippen LogP contribution in [0.3, 0.4) is 0 Å². The van der Waals surface area contributed by atoms with E-state index < -0.39 is 33.4 Å². The standard InChI is InChI=1S/C10H14F3NO3S/c11-10(12,13)2-4-18(15,16)9(6-14)5-8-1-3-17-7-8/h8-9H,1-5,7H2. The van der Waals surface area contributed by atoms with E-state index in [-0.39, 0.29) is 12.3 Å². The van der Waals surface area contributed by atoms with Gasteiger partial charge in [-0.3, -0.25) is 0 Å². The van der Waals surface area contributed by atoms with Crippen molar-refractivity contribution >= 4 is 9.84 Å². The summed E-state index contributed by atoms with van der Waals surface area (Å²) >= 11 is 0. The average Bonchev–Trinajstić information content (AvgIpc) is 2.75. The second kappa shape index (κ2) is 5.89. The lowest BCUT2D eigenvalue weighted by molar-refractivity contribution is -0.129. The Morgan fingerprint density at radius 2 is 2.11 bits per heavy atom. The quantitative estimate of drug-likeness (QED) is 0.770. The number of halogens is 3. The van der Waals surface area contributed by atoms with E-state index in [2.05, 4.69) is 0 Å². The Bertz CT molecular complexity index is 407. The van der Waals surface area contributed by atoms with E-state index in [9.17, 15) is 21.6 Å². The monoisotopic (exact) mass is 285 g/mol. The molecule has 0 amide bonds. The normalized spacial score (nSPS) is 22.7. The van der Waals surface area contributed by atoms with Gasteiger partial charge in [-0.25, -0.2) is 8.42 Å². The molecule has 0 spiro atoms. The van der Waals surface area contributed by atoms with Crippen molar-refractivity contribution in [1.82, 2.24) is 0 Å². The molecule has 0 aromatic carbocycles. The Morgan fingerprint density at radius 1 is 1.44 bits per heavy atom. The molecule has 0 saturated carbocycles. The minimum atomic E-state index is -4.52. The fourth-order valence-electron chi connectivity index (χ4n) is 1.75. The molecule has 0 N–H and O–H groups in total. The van der Waals surface area contributed by atoms with Gasteiger partial charge in [-0.15, -0.1) is 0 Å². The summed E-state index contributed by atoms with van der Waals surface area (Å²) in [6.45, 7) is 0.873. The smallest absolute Gasteiger partial charge is 0.381 e. The van der Waals surface area contributed by atoms with Crippen molar-refractivity contribution in [2.24, 2.45) is 5.92 Å². The van der Waals surface area contributed by atoms with Gasteiger partial charge < -0.3 is 4.74 Å². The zero-order valence-electron chi connectivity index (χ0n) is 9.61. The van der Waals surface area contributed by atoms with Gasteiger partial charge in [-0.05, 0) is 18.8 Å². The summed E-state index contributed by atoms with van der Waals surface area (Å²) in [5.74, 6) is -1.09. The van der Waals surface area contributed by atoms with Crippen LogP contribution in [0.2, 0.25) is 0 Å². The van der Waals surface area contributed by atoms with Crippen molar-refractivity contribution in [3.63, 3.8) is 0 Å². The van der Waals surface area contributed by atoms with Crippen LogP contribution in [-0.2, 0) is 14.6 Å². The Morgan fingerprint density at radius 3 is 2.56 bits per heavy atom. The Kier molecular flexibility index (Phi) is 4.99. The molecule has 1 heterocycles. The van der Waals surface area contributed by atoms with Crippen LogP contribution in [0.4, 0.5) is 13.2 Å². The zero-order chi connectivity index (χ0) is 13.8. The summed E-state index contributed by atoms with van der Waals surface area (Å²) in [7, 11) is -4.03. The van der Waals surface area contributed by atoms with Crippen LogP contribution in [0.15, 0.2) is 0 Å². The third kappa shape index (κ3) is 4.82. The first-order chi connectivity index (χ1) is 8.24. The van der Waals surface area contributed by atoms with E-state index >= 15 is 0 Å². The maximum Gasteiger partial charge on any atom is 0.390 e. The minimum Gasteiger partial charge on any atom is -0.381 e. The molecule has 1 aliphatic rings. The highest BCUT2D eigenvalue weighted by molar-refractivity contribution is 7.92. The van der Waals surface area contributed by atoms with Crippen molar-refractivity contribution < 1.29 is 26.3 Å². The summed E-state index contributed by atoms with van der Waals surface area (Å²) in [6.07, 6.45) is -5.23. The van der Waals surface area contributed by atoms with Gasteiger partial charge >= 0.3 is 6.18 Å². The molecule has 18 heavy (non-hydrogen) atoms. The first-order valence-corrected chi connectivity index (χ1v) is 7.22. The number of nitrogens with zero attached hydrogens (tertiary/aromatic N) is 1. The molecule has 2 atom stereocenters. The Labute approximate surface area is 104 Å². The molecule has 1 rings (SSSR count). The number of sulfone groups is 1. The number of hydrogen-bond donors (Lipinski definition) is 0. The van der Waals surface area contributed by atoms with Gasteiger partial charge in [0.15, 0.2) is 9.84 Å². The van der Waals surface area contributed by atoms with E-state index in [1.807, 2.05) is 0 Å². The van der Waals surface area contributed by atoms with Crippen LogP contribution in [0.25, 0.3) is 0 Å². The predicted molar refractivity (Wildman–Crippen MR) is 57.4 cm³/mol. The molecule has 0 aliphatic carbocycles. The lowest BCUT2D eigenvalue weighted by Crippen LogP contribution is -2.28. The molecule has 104 valence electrons. The highest BCUT2D eigenvalue weighted by atomic mass is 32.2. The first-order valence-electron chi connectivity index (χ1n) is 5.50. The van der Waals surface area contributed by atoms with Crippen molar-refractivity contribution in [1.29, 1.82) is 5.26 Å².